The predicted molar refractivity (Wildman–Crippen MR) is 84.5 cm³/mol. The molecule has 0 radical (unpaired) electrons. The van der Waals surface area contributed by atoms with Gasteiger partial charge < -0.3 is 11.1 Å². The van der Waals surface area contributed by atoms with Crippen molar-refractivity contribution < 1.29 is 4.79 Å². The number of carbonyl (C=O) groups excluding carboxylic acids is 1. The molecule has 1 rings (SSSR count). The van der Waals surface area contributed by atoms with Crippen LogP contribution in [0.5, 0.6) is 0 Å². The van der Waals surface area contributed by atoms with Gasteiger partial charge in [0.25, 0.3) is 0 Å². The van der Waals surface area contributed by atoms with Crippen molar-refractivity contribution in [2.24, 2.45) is 11.7 Å². The Bertz CT molecular complexity index is 474. The van der Waals surface area contributed by atoms with Crippen LogP contribution in [0.15, 0.2) is 12.1 Å². The normalized spacial score (nSPS) is 12.0. The molecule has 3 N–H and O–H groups in total. The summed E-state index contributed by atoms with van der Waals surface area (Å²) < 4.78 is 0. The Morgan fingerprint density at radius 3 is 2.26 bits per heavy atom. The van der Waals surface area contributed by atoms with Gasteiger partial charge in [0.2, 0.25) is 5.91 Å². The van der Waals surface area contributed by atoms with E-state index in [0.29, 0.717) is 6.42 Å². The van der Waals surface area contributed by atoms with Crippen molar-refractivity contribution in [3.05, 3.63) is 28.8 Å². The second kappa shape index (κ2) is 6.66. The molecule has 0 spiro atoms. The number of carbonyl (C=O) groups is 1. The van der Waals surface area contributed by atoms with Crippen molar-refractivity contribution >= 4 is 28.8 Å². The number of hydrogen-bond donors (Lipinski definition) is 2. The molecule has 19 heavy (non-hydrogen) atoms. The van der Waals surface area contributed by atoms with E-state index in [2.05, 4.69) is 17.4 Å². The zero-order chi connectivity index (χ0) is 14.6. The maximum atomic E-state index is 12.3. The highest BCUT2D eigenvalue weighted by Crippen LogP contribution is 2.23. The highest BCUT2D eigenvalue weighted by Gasteiger charge is 2.21. The molecule has 1 atom stereocenters. The summed E-state index contributed by atoms with van der Waals surface area (Å²) in [6.45, 7) is 8.04. The summed E-state index contributed by atoms with van der Waals surface area (Å²) in [5.74, 6) is -0.496. The van der Waals surface area contributed by atoms with Crippen LogP contribution in [0.3, 0.4) is 0 Å². The van der Waals surface area contributed by atoms with Crippen molar-refractivity contribution in [3.63, 3.8) is 0 Å². The molecule has 1 aromatic rings. The zero-order valence-electron chi connectivity index (χ0n) is 12.0. The first kappa shape index (κ1) is 15.6. The van der Waals surface area contributed by atoms with Crippen molar-refractivity contribution in [1.29, 1.82) is 0 Å². The molecule has 0 aliphatic rings. The fourth-order valence-corrected chi connectivity index (χ4v) is 2.50. The van der Waals surface area contributed by atoms with Crippen LogP contribution < -0.4 is 11.1 Å². The average molecular weight is 278 g/mol. The minimum atomic E-state index is -0.389. The standard InChI is InChI=1S/C15H22N2OS/c1-5-6-12(14(16)19)15(18)17-13-10(3)7-9(2)8-11(13)4/h7-8,12H,5-6H2,1-4H3,(H2,16,19)(H,17,18). The Morgan fingerprint density at radius 1 is 1.32 bits per heavy atom. The summed E-state index contributed by atoms with van der Waals surface area (Å²) in [6, 6.07) is 4.11. The second-order valence-corrected chi connectivity index (χ2v) is 5.48. The number of amides is 1. The van der Waals surface area contributed by atoms with Gasteiger partial charge in [0, 0.05) is 5.69 Å². The average Bonchev–Trinajstić information content (AvgIpc) is 2.29. The van der Waals surface area contributed by atoms with Gasteiger partial charge in [-0.25, -0.2) is 0 Å². The van der Waals surface area contributed by atoms with E-state index in [-0.39, 0.29) is 16.8 Å². The maximum Gasteiger partial charge on any atom is 0.234 e. The Kier molecular flexibility index (Phi) is 5.48. The number of thiocarbonyl (C=S) groups is 1. The Balaban J connectivity index is 2.96. The third-order valence-electron chi connectivity index (χ3n) is 3.16. The van der Waals surface area contributed by atoms with E-state index in [4.69, 9.17) is 18.0 Å². The topological polar surface area (TPSA) is 55.1 Å². The largest absolute Gasteiger partial charge is 0.393 e. The van der Waals surface area contributed by atoms with Crippen molar-refractivity contribution in [3.8, 4) is 0 Å². The smallest absolute Gasteiger partial charge is 0.234 e. The lowest BCUT2D eigenvalue weighted by molar-refractivity contribution is -0.118. The number of nitrogens with one attached hydrogen (secondary N) is 1. The molecule has 0 saturated heterocycles. The van der Waals surface area contributed by atoms with Gasteiger partial charge in [-0.2, -0.15) is 0 Å². The summed E-state index contributed by atoms with van der Waals surface area (Å²) >= 11 is 4.98. The van der Waals surface area contributed by atoms with Gasteiger partial charge in [-0.1, -0.05) is 43.3 Å². The molecule has 104 valence electrons. The van der Waals surface area contributed by atoms with Crippen LogP contribution in [-0.2, 0) is 4.79 Å². The van der Waals surface area contributed by atoms with Gasteiger partial charge in [0.15, 0.2) is 0 Å². The SMILES string of the molecule is CCCC(C(=O)Nc1c(C)cc(C)cc1C)C(N)=S. The molecule has 0 aliphatic heterocycles. The zero-order valence-corrected chi connectivity index (χ0v) is 12.9. The van der Waals surface area contributed by atoms with E-state index in [0.717, 1.165) is 23.2 Å². The predicted octanol–water partition coefficient (Wildman–Crippen LogP) is 3.25. The molecule has 1 aromatic carbocycles. The number of aryl methyl sites for hydroxylation is 3. The summed E-state index contributed by atoms with van der Waals surface area (Å²) in [7, 11) is 0. The number of hydrogen-bond acceptors (Lipinski definition) is 2. The molecule has 0 heterocycles. The first-order valence-corrected chi connectivity index (χ1v) is 6.95. The van der Waals surface area contributed by atoms with Crippen LogP contribution in [0.2, 0.25) is 0 Å². The van der Waals surface area contributed by atoms with E-state index in [1.807, 2.05) is 27.7 Å². The van der Waals surface area contributed by atoms with Gasteiger partial charge in [-0.3, -0.25) is 4.79 Å². The van der Waals surface area contributed by atoms with Gasteiger partial charge in [0.05, 0.1) is 10.9 Å². The van der Waals surface area contributed by atoms with Crippen LogP contribution in [-0.4, -0.2) is 10.9 Å². The highest BCUT2D eigenvalue weighted by molar-refractivity contribution is 7.80. The van der Waals surface area contributed by atoms with Crippen LogP contribution in [0, 0.1) is 26.7 Å². The molecule has 0 aromatic heterocycles. The van der Waals surface area contributed by atoms with Gasteiger partial charge in [0.1, 0.15) is 0 Å². The Morgan fingerprint density at radius 2 is 1.84 bits per heavy atom. The highest BCUT2D eigenvalue weighted by atomic mass is 32.1. The fraction of sp³-hybridized carbons (Fsp3) is 0.467. The molecule has 4 heteroatoms. The van der Waals surface area contributed by atoms with Gasteiger partial charge >= 0.3 is 0 Å². The van der Waals surface area contributed by atoms with Gasteiger partial charge in [-0.15, -0.1) is 0 Å². The van der Waals surface area contributed by atoms with E-state index < -0.39 is 0 Å². The molecule has 0 bridgehead atoms. The quantitative estimate of drug-likeness (QED) is 0.813. The van der Waals surface area contributed by atoms with E-state index in [9.17, 15) is 4.79 Å². The van der Waals surface area contributed by atoms with E-state index in [1.54, 1.807) is 0 Å². The van der Waals surface area contributed by atoms with Crippen LogP contribution in [0.4, 0.5) is 5.69 Å². The summed E-state index contributed by atoms with van der Waals surface area (Å²) in [5.41, 5.74) is 9.82. The summed E-state index contributed by atoms with van der Waals surface area (Å²) in [5, 5.41) is 2.97. The molecule has 3 nitrogen and oxygen atoms in total. The molecule has 1 unspecified atom stereocenters. The number of rotatable bonds is 5. The molecular weight excluding hydrogens is 256 g/mol. The van der Waals surface area contributed by atoms with Crippen molar-refractivity contribution in [2.45, 2.75) is 40.5 Å². The first-order valence-electron chi connectivity index (χ1n) is 6.54. The fourth-order valence-electron chi connectivity index (χ4n) is 2.28. The second-order valence-electron chi connectivity index (χ2n) is 5.01. The number of nitrogens with two attached hydrogens (primary N) is 1. The molecule has 0 fully saturated rings. The number of anilines is 1. The third kappa shape index (κ3) is 4.03. The van der Waals surface area contributed by atoms with E-state index >= 15 is 0 Å². The molecule has 1 amide bonds. The van der Waals surface area contributed by atoms with Crippen molar-refractivity contribution in [1.82, 2.24) is 0 Å². The summed E-state index contributed by atoms with van der Waals surface area (Å²) in [6.07, 6.45) is 1.56. The first-order chi connectivity index (χ1) is 8.86. The summed E-state index contributed by atoms with van der Waals surface area (Å²) in [4.78, 5) is 12.5. The maximum absolute atomic E-state index is 12.3. The number of benzene rings is 1. The van der Waals surface area contributed by atoms with Crippen LogP contribution in [0.1, 0.15) is 36.5 Å². The van der Waals surface area contributed by atoms with E-state index in [1.165, 1.54) is 5.56 Å². The van der Waals surface area contributed by atoms with Gasteiger partial charge in [-0.05, 0) is 38.3 Å². The molecular formula is C15H22N2OS. The third-order valence-corrected chi connectivity index (χ3v) is 3.45. The lowest BCUT2D eigenvalue weighted by Gasteiger charge is -2.18. The van der Waals surface area contributed by atoms with Crippen molar-refractivity contribution in [2.75, 3.05) is 5.32 Å². The minimum Gasteiger partial charge on any atom is -0.393 e. The lowest BCUT2D eigenvalue weighted by atomic mass is 10.0. The van der Waals surface area contributed by atoms with Crippen LogP contribution >= 0.6 is 12.2 Å². The molecule has 0 saturated carbocycles. The van der Waals surface area contributed by atoms with Crippen LogP contribution in [0.25, 0.3) is 0 Å². The minimum absolute atomic E-state index is 0.107. The monoisotopic (exact) mass is 278 g/mol. The Labute approximate surface area is 120 Å². The molecule has 0 aliphatic carbocycles. The lowest BCUT2D eigenvalue weighted by Crippen LogP contribution is -2.33. The Hall–Kier alpha value is -1.42.